The normalized spacial score (nSPS) is 20.3. The van der Waals surface area contributed by atoms with Crippen molar-refractivity contribution in [3.63, 3.8) is 0 Å². The predicted molar refractivity (Wildman–Crippen MR) is 114 cm³/mol. The molecule has 1 aromatic carbocycles. The molecule has 32 heavy (non-hydrogen) atoms. The highest BCUT2D eigenvalue weighted by Crippen LogP contribution is 2.41. The van der Waals surface area contributed by atoms with E-state index in [1.165, 1.54) is 31.3 Å². The summed E-state index contributed by atoms with van der Waals surface area (Å²) in [6, 6.07) is 1.77. The Labute approximate surface area is 198 Å². The number of nitrogens with zero attached hydrogens (tertiary/aromatic N) is 2. The van der Waals surface area contributed by atoms with Gasteiger partial charge in [-0.15, -0.1) is 0 Å². The third kappa shape index (κ3) is 4.82. The Hall–Kier alpha value is -2.43. The van der Waals surface area contributed by atoms with E-state index >= 15 is 0 Å². The summed E-state index contributed by atoms with van der Waals surface area (Å²) in [5.41, 5.74) is 0.0119. The molecule has 0 radical (unpaired) electrons. The van der Waals surface area contributed by atoms with Gasteiger partial charge >= 0.3 is 12.1 Å². The van der Waals surface area contributed by atoms with Crippen LogP contribution in [-0.4, -0.2) is 72.1 Å². The molecule has 2 atom stereocenters. The molecule has 2 heterocycles. The highest BCUT2D eigenvalue weighted by Gasteiger charge is 2.50. The lowest BCUT2D eigenvalue weighted by Crippen LogP contribution is -2.53. The number of amides is 2. The van der Waals surface area contributed by atoms with Crippen LogP contribution in [0.2, 0.25) is 0 Å². The number of halogens is 3. The first-order valence-corrected chi connectivity index (χ1v) is 10.4. The molecule has 2 aliphatic rings. The number of hydrogen-bond acceptors (Lipinski definition) is 8. The number of alkyl halides is 3. The Balaban J connectivity index is 2.21. The zero-order valence-corrected chi connectivity index (χ0v) is 19.5. The fourth-order valence-electron chi connectivity index (χ4n) is 3.61. The maximum absolute atomic E-state index is 13.3. The zero-order valence-electron chi connectivity index (χ0n) is 17.2. The van der Waals surface area contributed by atoms with Gasteiger partial charge in [0.05, 0.1) is 38.1 Å². The van der Waals surface area contributed by atoms with Gasteiger partial charge in [0.15, 0.2) is 17.3 Å². The van der Waals surface area contributed by atoms with Crippen LogP contribution < -0.4 is 14.4 Å². The Bertz CT molecular complexity index is 965. The molecule has 2 amide bonds. The highest BCUT2D eigenvalue weighted by molar-refractivity contribution is 6.67. The van der Waals surface area contributed by atoms with Crippen molar-refractivity contribution in [3.8, 4) is 11.5 Å². The Morgan fingerprint density at radius 1 is 1.12 bits per heavy atom. The molecular formula is C19H19Cl3N2O8. The maximum atomic E-state index is 13.3. The number of benzene rings is 1. The van der Waals surface area contributed by atoms with Crippen molar-refractivity contribution in [2.45, 2.75) is 29.4 Å². The van der Waals surface area contributed by atoms with E-state index in [1.54, 1.807) is 0 Å². The van der Waals surface area contributed by atoms with Crippen LogP contribution in [0.15, 0.2) is 12.1 Å². The van der Waals surface area contributed by atoms with Gasteiger partial charge in [-0.2, -0.15) is 0 Å². The molecule has 2 aliphatic heterocycles. The number of ketones is 1. The van der Waals surface area contributed by atoms with Crippen LogP contribution in [0.1, 0.15) is 23.7 Å². The van der Waals surface area contributed by atoms with E-state index in [-0.39, 0.29) is 41.5 Å². The number of fused-ring (bicyclic) bond motifs is 2. The van der Waals surface area contributed by atoms with Gasteiger partial charge < -0.3 is 23.8 Å². The number of carbonyl (C=O) groups is 4. The highest BCUT2D eigenvalue weighted by atomic mass is 35.6. The largest absolute Gasteiger partial charge is 0.493 e. The van der Waals surface area contributed by atoms with Gasteiger partial charge in [0.2, 0.25) is 10.0 Å². The first kappa shape index (κ1) is 24.2. The standard InChI is InChI=1S/C19H19Cl3N2O8/c1-9(25)32-17-13-4-10(26)7-23(13)16(27)11-5-14(29-2)15(30-3)6-12(11)24(17)18(28)31-8-19(20,21)22/h5-6,13,17H,4,7-8H2,1-3H3/t13?,17-/m0/s1. The second-order valence-electron chi connectivity index (χ2n) is 7.01. The second-order valence-corrected chi connectivity index (χ2v) is 9.52. The first-order valence-electron chi connectivity index (χ1n) is 9.25. The van der Waals surface area contributed by atoms with Crippen LogP contribution in [0.5, 0.6) is 11.5 Å². The average Bonchev–Trinajstić information content (AvgIpc) is 3.08. The van der Waals surface area contributed by atoms with Crippen LogP contribution in [0, 0.1) is 0 Å². The molecule has 174 valence electrons. The van der Waals surface area contributed by atoms with Crippen molar-refractivity contribution in [1.29, 1.82) is 0 Å². The van der Waals surface area contributed by atoms with E-state index in [1.807, 2.05) is 0 Å². The SMILES string of the molecule is COc1cc2c(cc1OC)N(C(=O)OCC(Cl)(Cl)Cl)[C@@H](OC(C)=O)C1CC(=O)CN1C2=O. The summed E-state index contributed by atoms with van der Waals surface area (Å²) in [7, 11) is 2.75. The minimum atomic E-state index is -1.91. The molecule has 0 N–H and O–H groups in total. The van der Waals surface area contributed by atoms with Gasteiger partial charge in [-0.3, -0.25) is 14.4 Å². The van der Waals surface area contributed by atoms with Crippen molar-refractivity contribution in [1.82, 2.24) is 4.90 Å². The molecule has 1 unspecified atom stereocenters. The topological polar surface area (TPSA) is 112 Å². The fourth-order valence-corrected chi connectivity index (χ4v) is 3.78. The number of carbonyl (C=O) groups excluding carboxylic acids is 4. The smallest absolute Gasteiger partial charge is 0.417 e. The lowest BCUT2D eigenvalue weighted by Gasteiger charge is -2.34. The van der Waals surface area contributed by atoms with E-state index in [2.05, 4.69) is 0 Å². The van der Waals surface area contributed by atoms with Gasteiger partial charge in [-0.25, -0.2) is 9.69 Å². The fraction of sp³-hybridized carbons (Fsp3) is 0.474. The lowest BCUT2D eigenvalue weighted by atomic mass is 10.1. The Kier molecular flexibility index (Phi) is 6.97. The number of rotatable bonds is 4. The molecule has 13 heteroatoms. The van der Waals surface area contributed by atoms with Crippen molar-refractivity contribution >= 4 is 64.2 Å². The molecule has 1 aromatic rings. The lowest BCUT2D eigenvalue weighted by molar-refractivity contribution is -0.148. The summed E-state index contributed by atoms with van der Waals surface area (Å²) in [4.78, 5) is 52.8. The molecule has 0 aliphatic carbocycles. The van der Waals surface area contributed by atoms with Crippen molar-refractivity contribution in [2.24, 2.45) is 0 Å². The molecule has 0 saturated carbocycles. The summed E-state index contributed by atoms with van der Waals surface area (Å²) in [6.45, 7) is 0.296. The van der Waals surface area contributed by atoms with E-state index in [0.717, 1.165) is 11.8 Å². The number of methoxy groups -OCH3 is 2. The summed E-state index contributed by atoms with van der Waals surface area (Å²) in [6.07, 6.45) is -2.59. The van der Waals surface area contributed by atoms with Crippen LogP contribution in [0.25, 0.3) is 0 Å². The minimum absolute atomic E-state index is 0.00263. The van der Waals surface area contributed by atoms with E-state index in [0.29, 0.717) is 0 Å². The molecule has 3 rings (SSSR count). The summed E-state index contributed by atoms with van der Waals surface area (Å²) in [5, 5.41) is 0. The van der Waals surface area contributed by atoms with E-state index in [4.69, 9.17) is 53.8 Å². The predicted octanol–water partition coefficient (Wildman–Crippen LogP) is 2.70. The quantitative estimate of drug-likeness (QED) is 0.450. The van der Waals surface area contributed by atoms with E-state index < -0.39 is 40.6 Å². The van der Waals surface area contributed by atoms with Crippen LogP contribution >= 0.6 is 34.8 Å². The van der Waals surface area contributed by atoms with Gasteiger partial charge in [-0.05, 0) is 6.07 Å². The van der Waals surface area contributed by atoms with Crippen molar-refractivity contribution < 1.29 is 38.1 Å². The summed E-state index contributed by atoms with van der Waals surface area (Å²) >= 11 is 17.1. The minimum Gasteiger partial charge on any atom is -0.493 e. The number of ether oxygens (including phenoxy) is 4. The number of hydrogen-bond donors (Lipinski definition) is 0. The number of anilines is 1. The second kappa shape index (κ2) is 9.21. The molecular weight excluding hydrogens is 491 g/mol. The zero-order chi connectivity index (χ0) is 23.8. The summed E-state index contributed by atoms with van der Waals surface area (Å²) < 4.78 is 19.2. The van der Waals surface area contributed by atoms with E-state index in [9.17, 15) is 19.2 Å². The molecule has 1 fully saturated rings. The molecule has 0 bridgehead atoms. The molecule has 0 aromatic heterocycles. The van der Waals surface area contributed by atoms with Crippen LogP contribution in [0.3, 0.4) is 0 Å². The van der Waals surface area contributed by atoms with Gasteiger partial charge in [0.1, 0.15) is 6.61 Å². The number of esters is 1. The van der Waals surface area contributed by atoms with Gasteiger partial charge in [0.25, 0.3) is 5.91 Å². The van der Waals surface area contributed by atoms with Crippen molar-refractivity contribution in [2.75, 3.05) is 32.3 Å². The molecule has 0 spiro atoms. The molecule has 10 nitrogen and oxygen atoms in total. The average molecular weight is 510 g/mol. The molecule has 1 saturated heterocycles. The first-order chi connectivity index (χ1) is 15.0. The third-order valence-corrected chi connectivity index (χ3v) is 5.19. The van der Waals surface area contributed by atoms with Crippen LogP contribution in [-0.2, 0) is 19.1 Å². The third-order valence-electron chi connectivity index (χ3n) is 4.86. The summed E-state index contributed by atoms with van der Waals surface area (Å²) in [5.74, 6) is -1.17. The van der Waals surface area contributed by atoms with Gasteiger partial charge in [0, 0.05) is 19.4 Å². The Morgan fingerprint density at radius 2 is 1.75 bits per heavy atom. The van der Waals surface area contributed by atoms with Crippen molar-refractivity contribution in [3.05, 3.63) is 17.7 Å². The van der Waals surface area contributed by atoms with Gasteiger partial charge in [-0.1, -0.05) is 34.8 Å². The maximum Gasteiger partial charge on any atom is 0.417 e. The monoisotopic (exact) mass is 508 g/mol. The Morgan fingerprint density at radius 3 is 2.31 bits per heavy atom. The number of Topliss-reactive ketones (excluding diaryl/α,β-unsaturated/α-hetero) is 1. The van der Waals surface area contributed by atoms with Crippen LogP contribution in [0.4, 0.5) is 10.5 Å².